The molecule has 2 aromatic rings. The number of rotatable bonds is 4. The van der Waals surface area contributed by atoms with Crippen LogP contribution in [0, 0.1) is 6.92 Å². The molecule has 0 atom stereocenters. The van der Waals surface area contributed by atoms with Gasteiger partial charge in [-0.3, -0.25) is 0 Å². The summed E-state index contributed by atoms with van der Waals surface area (Å²) in [6.07, 6.45) is 0. The van der Waals surface area contributed by atoms with Gasteiger partial charge in [0.05, 0.1) is 11.6 Å². The van der Waals surface area contributed by atoms with Gasteiger partial charge in [0.25, 0.3) is 0 Å². The van der Waals surface area contributed by atoms with E-state index in [2.05, 4.69) is 13.8 Å². The first-order valence-corrected chi connectivity index (χ1v) is 7.55. The second-order valence-electron chi connectivity index (χ2n) is 5.28. The second kappa shape index (κ2) is 6.69. The summed E-state index contributed by atoms with van der Waals surface area (Å²) >= 11 is 12.4. The molecule has 0 aliphatic carbocycles. The largest absolute Gasteiger partial charge is 0.455 e. The standard InChI is InChI=1S/C17H18Cl2O2/c1-10(2)13-8-16(11(3)7-15(13)19)21-17-12(9-20)5-4-6-14(17)18/h4-8,10,20H,9H2,1-3H3. The van der Waals surface area contributed by atoms with Crippen molar-refractivity contribution in [1.29, 1.82) is 0 Å². The van der Waals surface area contributed by atoms with E-state index in [1.54, 1.807) is 18.2 Å². The van der Waals surface area contributed by atoms with Gasteiger partial charge in [-0.15, -0.1) is 0 Å². The third-order valence-electron chi connectivity index (χ3n) is 3.35. The first-order valence-electron chi connectivity index (χ1n) is 6.80. The molecular weight excluding hydrogens is 307 g/mol. The van der Waals surface area contributed by atoms with E-state index in [4.69, 9.17) is 27.9 Å². The van der Waals surface area contributed by atoms with Crippen molar-refractivity contribution in [2.75, 3.05) is 0 Å². The molecule has 0 saturated carbocycles. The summed E-state index contributed by atoms with van der Waals surface area (Å²) < 4.78 is 5.96. The Balaban J connectivity index is 2.47. The number of hydrogen-bond donors (Lipinski definition) is 1. The molecule has 2 rings (SSSR count). The van der Waals surface area contributed by atoms with Crippen molar-refractivity contribution in [2.45, 2.75) is 33.3 Å². The van der Waals surface area contributed by atoms with Crippen LogP contribution in [0.25, 0.3) is 0 Å². The monoisotopic (exact) mass is 324 g/mol. The number of aliphatic hydroxyl groups excluding tert-OH is 1. The van der Waals surface area contributed by atoms with Gasteiger partial charge < -0.3 is 9.84 Å². The molecule has 0 fully saturated rings. The Morgan fingerprint density at radius 3 is 2.48 bits per heavy atom. The highest BCUT2D eigenvalue weighted by Gasteiger charge is 2.14. The Morgan fingerprint density at radius 1 is 1.14 bits per heavy atom. The van der Waals surface area contributed by atoms with Crippen molar-refractivity contribution < 1.29 is 9.84 Å². The highest BCUT2D eigenvalue weighted by molar-refractivity contribution is 6.32. The van der Waals surface area contributed by atoms with Crippen LogP contribution in [0.4, 0.5) is 0 Å². The van der Waals surface area contributed by atoms with Crippen molar-refractivity contribution in [3.63, 3.8) is 0 Å². The fourth-order valence-corrected chi connectivity index (χ4v) is 2.79. The highest BCUT2D eigenvalue weighted by Crippen LogP contribution is 2.37. The minimum Gasteiger partial charge on any atom is -0.455 e. The zero-order valence-electron chi connectivity index (χ0n) is 12.3. The summed E-state index contributed by atoms with van der Waals surface area (Å²) in [5.41, 5.74) is 2.60. The maximum Gasteiger partial charge on any atom is 0.151 e. The summed E-state index contributed by atoms with van der Waals surface area (Å²) in [5, 5.41) is 10.6. The van der Waals surface area contributed by atoms with Crippen LogP contribution in [0.1, 0.15) is 36.5 Å². The predicted octanol–water partition coefficient (Wildman–Crippen LogP) is 5.71. The Morgan fingerprint density at radius 2 is 1.86 bits per heavy atom. The van der Waals surface area contributed by atoms with Crippen LogP contribution in [0.15, 0.2) is 30.3 Å². The number of para-hydroxylation sites is 1. The lowest BCUT2D eigenvalue weighted by Gasteiger charge is -2.16. The minimum atomic E-state index is -0.125. The SMILES string of the molecule is Cc1cc(Cl)c(C(C)C)cc1Oc1c(Cl)cccc1CO. The fraction of sp³-hybridized carbons (Fsp3) is 0.294. The molecule has 2 aromatic carbocycles. The average Bonchev–Trinajstić information content (AvgIpc) is 2.43. The molecule has 0 spiro atoms. The summed E-state index contributed by atoms with van der Waals surface area (Å²) in [6.45, 7) is 5.96. The van der Waals surface area contributed by atoms with Gasteiger partial charge in [0, 0.05) is 10.6 Å². The van der Waals surface area contributed by atoms with Crippen molar-refractivity contribution in [3.05, 3.63) is 57.1 Å². The molecule has 0 bridgehead atoms. The van der Waals surface area contributed by atoms with Crippen molar-refractivity contribution in [1.82, 2.24) is 0 Å². The molecule has 2 nitrogen and oxygen atoms in total. The van der Waals surface area contributed by atoms with E-state index in [1.165, 1.54) is 0 Å². The summed E-state index contributed by atoms with van der Waals surface area (Å²) in [7, 11) is 0. The number of halogens is 2. The third kappa shape index (κ3) is 3.52. The van der Waals surface area contributed by atoms with E-state index in [9.17, 15) is 5.11 Å². The van der Waals surface area contributed by atoms with E-state index < -0.39 is 0 Å². The zero-order valence-corrected chi connectivity index (χ0v) is 13.8. The van der Waals surface area contributed by atoms with Crippen molar-refractivity contribution >= 4 is 23.2 Å². The Kier molecular flexibility index (Phi) is 5.15. The third-order valence-corrected chi connectivity index (χ3v) is 3.97. The van der Waals surface area contributed by atoms with Gasteiger partial charge >= 0.3 is 0 Å². The van der Waals surface area contributed by atoms with Gasteiger partial charge in [-0.1, -0.05) is 49.2 Å². The molecule has 0 amide bonds. The van der Waals surface area contributed by atoms with Crippen LogP contribution in [-0.4, -0.2) is 5.11 Å². The Labute approximate surface area is 135 Å². The Bertz CT molecular complexity index is 651. The second-order valence-corrected chi connectivity index (χ2v) is 6.10. The quantitative estimate of drug-likeness (QED) is 0.780. The average molecular weight is 325 g/mol. The zero-order chi connectivity index (χ0) is 15.6. The molecule has 0 unspecified atom stereocenters. The van der Waals surface area contributed by atoms with E-state index in [0.29, 0.717) is 28.0 Å². The van der Waals surface area contributed by atoms with Crippen LogP contribution in [0.2, 0.25) is 10.0 Å². The lowest BCUT2D eigenvalue weighted by atomic mass is 10.0. The topological polar surface area (TPSA) is 29.5 Å². The summed E-state index contributed by atoms with van der Waals surface area (Å²) in [6, 6.07) is 9.14. The molecule has 0 radical (unpaired) electrons. The molecular formula is C17H18Cl2O2. The fourth-order valence-electron chi connectivity index (χ4n) is 2.12. The lowest BCUT2D eigenvalue weighted by molar-refractivity contribution is 0.276. The van der Waals surface area contributed by atoms with Crippen molar-refractivity contribution in [3.8, 4) is 11.5 Å². The number of aryl methyl sites for hydroxylation is 1. The number of aliphatic hydroxyl groups is 1. The highest BCUT2D eigenvalue weighted by atomic mass is 35.5. The van der Waals surface area contributed by atoms with E-state index in [0.717, 1.165) is 16.1 Å². The van der Waals surface area contributed by atoms with Crippen LogP contribution < -0.4 is 4.74 Å². The molecule has 112 valence electrons. The first kappa shape index (κ1) is 16.2. The van der Waals surface area contributed by atoms with Gasteiger partial charge in [-0.25, -0.2) is 0 Å². The summed E-state index contributed by atoms with van der Waals surface area (Å²) in [4.78, 5) is 0. The van der Waals surface area contributed by atoms with E-state index in [1.807, 2.05) is 19.1 Å². The van der Waals surface area contributed by atoms with Gasteiger partial charge in [-0.05, 0) is 42.2 Å². The molecule has 4 heteroatoms. The van der Waals surface area contributed by atoms with Crippen LogP contribution in [0.3, 0.4) is 0 Å². The molecule has 0 aromatic heterocycles. The first-order chi connectivity index (χ1) is 9.93. The van der Waals surface area contributed by atoms with Gasteiger partial charge in [-0.2, -0.15) is 0 Å². The normalized spacial score (nSPS) is 11.0. The van der Waals surface area contributed by atoms with Crippen LogP contribution >= 0.6 is 23.2 Å². The minimum absolute atomic E-state index is 0.125. The molecule has 0 aliphatic rings. The smallest absolute Gasteiger partial charge is 0.151 e. The van der Waals surface area contributed by atoms with Gasteiger partial charge in [0.15, 0.2) is 5.75 Å². The molecule has 21 heavy (non-hydrogen) atoms. The lowest BCUT2D eigenvalue weighted by Crippen LogP contribution is -1.97. The number of hydrogen-bond acceptors (Lipinski definition) is 2. The Hall–Kier alpha value is -1.22. The number of ether oxygens (including phenoxy) is 1. The molecule has 0 aliphatic heterocycles. The van der Waals surface area contributed by atoms with Gasteiger partial charge in [0.1, 0.15) is 5.75 Å². The van der Waals surface area contributed by atoms with Crippen LogP contribution in [0.5, 0.6) is 11.5 Å². The maximum absolute atomic E-state index is 9.42. The maximum atomic E-state index is 9.42. The van der Waals surface area contributed by atoms with Crippen molar-refractivity contribution in [2.24, 2.45) is 0 Å². The van der Waals surface area contributed by atoms with E-state index in [-0.39, 0.29) is 6.61 Å². The molecule has 0 heterocycles. The van der Waals surface area contributed by atoms with Crippen LogP contribution in [-0.2, 0) is 6.61 Å². The van der Waals surface area contributed by atoms with Gasteiger partial charge in [0.2, 0.25) is 0 Å². The number of benzene rings is 2. The predicted molar refractivity (Wildman–Crippen MR) is 87.7 cm³/mol. The van der Waals surface area contributed by atoms with E-state index >= 15 is 0 Å². The summed E-state index contributed by atoms with van der Waals surface area (Å²) in [5.74, 6) is 1.48. The molecule has 1 N–H and O–H groups in total. The molecule has 0 saturated heterocycles.